The molecule has 1 unspecified atom stereocenters. The number of para-hydroxylation sites is 1. The van der Waals surface area contributed by atoms with Gasteiger partial charge >= 0.3 is 0 Å². The molecule has 1 aromatic carbocycles. The van der Waals surface area contributed by atoms with Gasteiger partial charge < -0.3 is 9.64 Å². The maximum atomic E-state index is 13.5. The highest BCUT2D eigenvalue weighted by molar-refractivity contribution is 6.40. The number of nitrogens with zero attached hydrogens (tertiary/aromatic N) is 3. The second-order valence-corrected chi connectivity index (χ2v) is 8.86. The summed E-state index contributed by atoms with van der Waals surface area (Å²) in [6.07, 6.45) is 5.55. The highest BCUT2D eigenvalue weighted by Crippen LogP contribution is 2.35. The van der Waals surface area contributed by atoms with Gasteiger partial charge in [-0.2, -0.15) is 0 Å². The van der Waals surface area contributed by atoms with Gasteiger partial charge in [-0.25, -0.2) is 0 Å². The van der Waals surface area contributed by atoms with Crippen LogP contribution >= 0.6 is 23.2 Å². The molecule has 0 spiro atoms. The number of pyridine rings is 1. The largest absolute Gasteiger partial charge is 0.379 e. The van der Waals surface area contributed by atoms with E-state index in [1.165, 1.54) is 0 Å². The number of halogens is 2. The third-order valence-corrected chi connectivity index (χ3v) is 5.80. The molecule has 1 amide bonds. The zero-order valence-electron chi connectivity index (χ0n) is 17.6. The minimum atomic E-state index is -0.152. The average Bonchev–Trinajstić information content (AvgIpc) is 3.26. The first-order chi connectivity index (χ1) is 14.5. The van der Waals surface area contributed by atoms with Crippen LogP contribution in [-0.4, -0.2) is 54.7 Å². The first-order valence-corrected chi connectivity index (χ1v) is 11.2. The molecule has 162 valence electrons. The van der Waals surface area contributed by atoms with E-state index in [1.54, 1.807) is 47.6 Å². The summed E-state index contributed by atoms with van der Waals surface area (Å²) in [6, 6.07) is 8.78. The molecule has 0 N–H and O–H groups in total. The predicted octanol–water partition coefficient (Wildman–Crippen LogP) is 5.17. The Morgan fingerprint density at radius 2 is 1.73 bits per heavy atom. The topological polar surface area (TPSA) is 45.7 Å². The van der Waals surface area contributed by atoms with Crippen molar-refractivity contribution in [2.24, 2.45) is 5.92 Å². The van der Waals surface area contributed by atoms with Gasteiger partial charge in [0.15, 0.2) is 0 Å². The van der Waals surface area contributed by atoms with E-state index in [4.69, 9.17) is 27.9 Å². The Hall–Kier alpha value is -1.66. The third kappa shape index (κ3) is 5.94. The van der Waals surface area contributed by atoms with Crippen LogP contribution in [0, 0.1) is 5.92 Å². The molecule has 3 rings (SSSR count). The van der Waals surface area contributed by atoms with E-state index in [0.717, 1.165) is 25.9 Å². The van der Waals surface area contributed by atoms with E-state index in [2.05, 4.69) is 23.7 Å². The predicted molar refractivity (Wildman–Crippen MR) is 123 cm³/mol. The molecular formula is C23H29Cl2N3O2. The quantitative estimate of drug-likeness (QED) is 0.529. The van der Waals surface area contributed by atoms with Gasteiger partial charge in [0.1, 0.15) is 0 Å². The molecule has 0 radical (unpaired) electrons. The standard InChI is InChI=1S/C23H29Cl2N3O2/c1-17(2)15-30-16-19(27-12-3-4-13-27)14-28(22-20(24)6-5-7-21(22)25)23(29)18-8-10-26-11-9-18/h5-11,17,19H,3-4,12-16H2,1-2H3. The van der Waals surface area contributed by atoms with E-state index in [-0.39, 0.29) is 11.9 Å². The Kier molecular flexibility index (Phi) is 8.51. The van der Waals surface area contributed by atoms with Crippen molar-refractivity contribution in [1.82, 2.24) is 9.88 Å². The summed E-state index contributed by atoms with van der Waals surface area (Å²) in [6.45, 7) is 7.96. The van der Waals surface area contributed by atoms with Gasteiger partial charge in [0.25, 0.3) is 5.91 Å². The first-order valence-electron chi connectivity index (χ1n) is 10.4. The molecule has 1 saturated heterocycles. The second-order valence-electron chi connectivity index (χ2n) is 8.05. The van der Waals surface area contributed by atoms with Crippen LogP contribution in [0.5, 0.6) is 0 Å². The molecule has 0 bridgehead atoms. The van der Waals surface area contributed by atoms with Crippen molar-refractivity contribution >= 4 is 34.8 Å². The van der Waals surface area contributed by atoms with Gasteiger partial charge in [-0.3, -0.25) is 14.7 Å². The number of carbonyl (C=O) groups is 1. The number of carbonyl (C=O) groups excluding carboxylic acids is 1. The van der Waals surface area contributed by atoms with Gasteiger partial charge in [-0.1, -0.05) is 43.1 Å². The lowest BCUT2D eigenvalue weighted by Crippen LogP contribution is -2.48. The number of benzene rings is 1. The molecule has 1 fully saturated rings. The molecule has 0 aliphatic carbocycles. The Morgan fingerprint density at radius 1 is 1.10 bits per heavy atom. The van der Waals surface area contributed by atoms with Crippen molar-refractivity contribution < 1.29 is 9.53 Å². The molecule has 2 aromatic rings. The Balaban J connectivity index is 1.92. The number of rotatable bonds is 9. The molecule has 7 heteroatoms. The van der Waals surface area contributed by atoms with Gasteiger partial charge in [-0.15, -0.1) is 0 Å². The minimum absolute atomic E-state index is 0.0596. The third-order valence-electron chi connectivity index (χ3n) is 5.19. The Morgan fingerprint density at radius 3 is 2.33 bits per heavy atom. The zero-order chi connectivity index (χ0) is 21.5. The van der Waals surface area contributed by atoms with Crippen molar-refractivity contribution in [2.75, 3.05) is 37.7 Å². The van der Waals surface area contributed by atoms with E-state index in [1.807, 2.05) is 0 Å². The number of hydrogen-bond donors (Lipinski definition) is 0. The van der Waals surface area contributed by atoms with Crippen LogP contribution in [0.4, 0.5) is 5.69 Å². The van der Waals surface area contributed by atoms with Crippen LogP contribution in [0.3, 0.4) is 0 Å². The van der Waals surface area contributed by atoms with Crippen LogP contribution in [0.1, 0.15) is 37.0 Å². The number of hydrogen-bond acceptors (Lipinski definition) is 4. The second kappa shape index (κ2) is 11.1. The number of aromatic nitrogens is 1. The number of amides is 1. The lowest BCUT2D eigenvalue weighted by molar-refractivity contribution is 0.0560. The molecule has 5 nitrogen and oxygen atoms in total. The van der Waals surface area contributed by atoms with Crippen molar-refractivity contribution in [2.45, 2.75) is 32.7 Å². The highest BCUT2D eigenvalue weighted by Gasteiger charge is 2.30. The molecule has 30 heavy (non-hydrogen) atoms. The normalized spacial score (nSPS) is 15.5. The maximum absolute atomic E-state index is 13.5. The number of likely N-dealkylation sites (tertiary alicyclic amines) is 1. The van der Waals surface area contributed by atoms with Crippen LogP contribution in [0.15, 0.2) is 42.7 Å². The van der Waals surface area contributed by atoms with Crippen LogP contribution in [0.2, 0.25) is 10.0 Å². The Labute approximate surface area is 188 Å². The SMILES string of the molecule is CC(C)COCC(CN(C(=O)c1ccncc1)c1c(Cl)cccc1Cl)N1CCCC1. The summed E-state index contributed by atoms with van der Waals surface area (Å²) in [5.74, 6) is 0.303. The molecule has 1 atom stereocenters. The van der Waals surface area contributed by atoms with E-state index in [0.29, 0.717) is 47.0 Å². The zero-order valence-corrected chi connectivity index (χ0v) is 19.1. The lowest BCUT2D eigenvalue weighted by Gasteiger charge is -2.34. The van der Waals surface area contributed by atoms with Crippen molar-refractivity contribution in [3.8, 4) is 0 Å². The molecular weight excluding hydrogens is 421 g/mol. The van der Waals surface area contributed by atoms with Crippen LogP contribution in [-0.2, 0) is 4.74 Å². The minimum Gasteiger partial charge on any atom is -0.379 e. The van der Waals surface area contributed by atoms with Crippen molar-refractivity contribution in [3.63, 3.8) is 0 Å². The first kappa shape index (κ1) is 23.0. The summed E-state index contributed by atoms with van der Waals surface area (Å²) < 4.78 is 6.00. The van der Waals surface area contributed by atoms with Crippen LogP contribution < -0.4 is 4.90 Å². The molecule has 0 saturated carbocycles. The molecule has 1 aliphatic rings. The Bertz CT molecular complexity index is 806. The molecule has 1 aliphatic heterocycles. The highest BCUT2D eigenvalue weighted by atomic mass is 35.5. The van der Waals surface area contributed by atoms with Crippen LogP contribution in [0.25, 0.3) is 0 Å². The fraction of sp³-hybridized carbons (Fsp3) is 0.478. The van der Waals surface area contributed by atoms with E-state index < -0.39 is 0 Å². The van der Waals surface area contributed by atoms with E-state index >= 15 is 0 Å². The summed E-state index contributed by atoms with van der Waals surface area (Å²) in [4.78, 5) is 21.6. The fourth-order valence-electron chi connectivity index (χ4n) is 3.70. The molecule has 2 heterocycles. The van der Waals surface area contributed by atoms with E-state index in [9.17, 15) is 4.79 Å². The van der Waals surface area contributed by atoms with Crippen molar-refractivity contribution in [1.29, 1.82) is 0 Å². The smallest absolute Gasteiger partial charge is 0.258 e. The number of anilines is 1. The van der Waals surface area contributed by atoms with Gasteiger partial charge in [0.05, 0.1) is 28.4 Å². The lowest BCUT2D eigenvalue weighted by atomic mass is 10.1. The maximum Gasteiger partial charge on any atom is 0.258 e. The van der Waals surface area contributed by atoms with Crippen molar-refractivity contribution in [3.05, 3.63) is 58.3 Å². The summed E-state index contributed by atoms with van der Waals surface area (Å²) in [7, 11) is 0. The monoisotopic (exact) mass is 449 g/mol. The summed E-state index contributed by atoms with van der Waals surface area (Å²) in [5, 5.41) is 0.904. The average molecular weight is 450 g/mol. The van der Waals surface area contributed by atoms with Gasteiger partial charge in [0, 0.05) is 31.1 Å². The van der Waals surface area contributed by atoms with Gasteiger partial charge in [-0.05, 0) is 56.1 Å². The summed E-state index contributed by atoms with van der Waals surface area (Å²) in [5.41, 5.74) is 1.08. The van der Waals surface area contributed by atoms with Gasteiger partial charge in [0.2, 0.25) is 0 Å². The number of ether oxygens (including phenoxy) is 1. The summed E-state index contributed by atoms with van der Waals surface area (Å²) >= 11 is 13.0. The molecule has 1 aromatic heterocycles. The fourth-order valence-corrected chi connectivity index (χ4v) is 4.31.